The molecule has 0 saturated carbocycles. The van der Waals surface area contributed by atoms with Crippen LogP contribution in [0.4, 0.5) is 4.39 Å². The van der Waals surface area contributed by atoms with Gasteiger partial charge in [-0.1, -0.05) is 19.1 Å². The molecule has 0 saturated heterocycles. The van der Waals surface area contributed by atoms with E-state index in [1.807, 2.05) is 20.9 Å². The SMILES string of the molecule is CC/C=C(/CCNC)c1cc(C)cc(F)c1C. The first-order chi connectivity index (χ1) is 8.10. The van der Waals surface area contributed by atoms with E-state index in [1.165, 1.54) is 5.57 Å². The maximum atomic E-state index is 13.7. The number of hydrogen-bond donors (Lipinski definition) is 1. The van der Waals surface area contributed by atoms with Gasteiger partial charge in [0, 0.05) is 0 Å². The molecule has 1 nitrogen and oxygen atoms in total. The van der Waals surface area contributed by atoms with Gasteiger partial charge in [-0.3, -0.25) is 0 Å². The summed E-state index contributed by atoms with van der Waals surface area (Å²) in [6.07, 6.45) is 4.11. The summed E-state index contributed by atoms with van der Waals surface area (Å²) in [6.45, 7) is 6.82. The molecule has 0 aliphatic carbocycles. The molecule has 0 aromatic heterocycles. The van der Waals surface area contributed by atoms with Crippen molar-refractivity contribution in [2.75, 3.05) is 13.6 Å². The highest BCUT2D eigenvalue weighted by Gasteiger charge is 2.09. The van der Waals surface area contributed by atoms with E-state index in [-0.39, 0.29) is 5.82 Å². The summed E-state index contributed by atoms with van der Waals surface area (Å²) in [5.74, 6) is -0.105. The molecule has 1 aromatic rings. The average molecular weight is 235 g/mol. The normalized spacial score (nSPS) is 11.9. The highest BCUT2D eigenvalue weighted by molar-refractivity contribution is 5.69. The van der Waals surface area contributed by atoms with Crippen LogP contribution in [0.3, 0.4) is 0 Å². The zero-order chi connectivity index (χ0) is 12.8. The molecule has 2 heteroatoms. The topological polar surface area (TPSA) is 12.0 Å². The van der Waals surface area contributed by atoms with Gasteiger partial charge in [0.25, 0.3) is 0 Å². The Morgan fingerprint density at radius 1 is 1.35 bits per heavy atom. The number of halogens is 1. The Morgan fingerprint density at radius 2 is 2.06 bits per heavy atom. The van der Waals surface area contributed by atoms with Crippen molar-refractivity contribution in [3.05, 3.63) is 40.7 Å². The lowest BCUT2D eigenvalue weighted by Crippen LogP contribution is -2.08. The molecule has 1 N–H and O–H groups in total. The number of allylic oxidation sites excluding steroid dienone is 1. The summed E-state index contributed by atoms with van der Waals surface area (Å²) in [5, 5.41) is 3.14. The molecule has 0 atom stereocenters. The summed E-state index contributed by atoms with van der Waals surface area (Å²) in [4.78, 5) is 0. The third kappa shape index (κ3) is 3.67. The third-order valence-electron chi connectivity index (χ3n) is 2.93. The lowest BCUT2D eigenvalue weighted by Gasteiger charge is -2.13. The Balaban J connectivity index is 3.14. The minimum absolute atomic E-state index is 0.105. The molecule has 0 aliphatic heterocycles. The van der Waals surface area contributed by atoms with E-state index in [1.54, 1.807) is 6.07 Å². The predicted octanol–water partition coefficient (Wildman–Crippen LogP) is 3.85. The Bertz CT molecular complexity index is 408. The van der Waals surface area contributed by atoms with Crippen LogP contribution in [0.1, 0.15) is 36.5 Å². The molecular formula is C15H22FN. The maximum Gasteiger partial charge on any atom is 0.126 e. The van der Waals surface area contributed by atoms with Crippen LogP contribution < -0.4 is 5.32 Å². The first kappa shape index (κ1) is 13.9. The van der Waals surface area contributed by atoms with Crippen LogP contribution >= 0.6 is 0 Å². The average Bonchev–Trinajstić information content (AvgIpc) is 2.29. The van der Waals surface area contributed by atoms with Gasteiger partial charge in [0.1, 0.15) is 5.82 Å². The van der Waals surface area contributed by atoms with Crippen molar-refractivity contribution in [3.63, 3.8) is 0 Å². The summed E-state index contributed by atoms with van der Waals surface area (Å²) in [7, 11) is 1.94. The van der Waals surface area contributed by atoms with Crippen molar-refractivity contribution < 1.29 is 4.39 Å². The van der Waals surface area contributed by atoms with Gasteiger partial charge in [0.15, 0.2) is 0 Å². The monoisotopic (exact) mass is 235 g/mol. The van der Waals surface area contributed by atoms with Gasteiger partial charge >= 0.3 is 0 Å². The minimum Gasteiger partial charge on any atom is -0.319 e. The van der Waals surface area contributed by atoms with Gasteiger partial charge < -0.3 is 5.32 Å². The van der Waals surface area contributed by atoms with Crippen LogP contribution in [0.15, 0.2) is 18.2 Å². The number of rotatable bonds is 5. The number of benzene rings is 1. The third-order valence-corrected chi connectivity index (χ3v) is 2.93. The molecule has 1 aromatic carbocycles. The fourth-order valence-corrected chi connectivity index (χ4v) is 2.00. The van der Waals surface area contributed by atoms with Crippen molar-refractivity contribution in [1.29, 1.82) is 0 Å². The summed E-state index contributed by atoms with van der Waals surface area (Å²) >= 11 is 0. The van der Waals surface area contributed by atoms with Gasteiger partial charge in [-0.15, -0.1) is 0 Å². The molecule has 0 unspecified atom stereocenters. The molecule has 0 heterocycles. The fraction of sp³-hybridized carbons (Fsp3) is 0.467. The first-order valence-electron chi connectivity index (χ1n) is 6.20. The van der Waals surface area contributed by atoms with E-state index in [4.69, 9.17) is 0 Å². The van der Waals surface area contributed by atoms with E-state index in [9.17, 15) is 4.39 Å². The Kier molecular flexibility index (Phi) is 5.36. The number of nitrogens with one attached hydrogen (secondary N) is 1. The van der Waals surface area contributed by atoms with Crippen LogP contribution in [0.2, 0.25) is 0 Å². The lowest BCUT2D eigenvalue weighted by molar-refractivity contribution is 0.616. The zero-order valence-electron chi connectivity index (χ0n) is 11.2. The van der Waals surface area contributed by atoms with Crippen LogP contribution in [-0.4, -0.2) is 13.6 Å². The maximum absolute atomic E-state index is 13.7. The highest BCUT2D eigenvalue weighted by atomic mass is 19.1. The second kappa shape index (κ2) is 6.55. The van der Waals surface area contributed by atoms with Crippen LogP contribution in [0.25, 0.3) is 5.57 Å². The second-order valence-corrected chi connectivity index (χ2v) is 4.41. The molecule has 0 radical (unpaired) electrons. The lowest BCUT2D eigenvalue weighted by atomic mass is 9.95. The van der Waals surface area contributed by atoms with E-state index in [2.05, 4.69) is 24.4 Å². The van der Waals surface area contributed by atoms with Crippen molar-refractivity contribution in [2.24, 2.45) is 0 Å². The molecule has 0 amide bonds. The van der Waals surface area contributed by atoms with Gasteiger partial charge in [0.2, 0.25) is 0 Å². The molecular weight excluding hydrogens is 213 g/mol. The zero-order valence-corrected chi connectivity index (χ0v) is 11.2. The van der Waals surface area contributed by atoms with Gasteiger partial charge in [-0.05, 0) is 68.6 Å². The van der Waals surface area contributed by atoms with Crippen molar-refractivity contribution in [3.8, 4) is 0 Å². The van der Waals surface area contributed by atoms with Crippen LogP contribution in [0, 0.1) is 19.7 Å². The molecule has 17 heavy (non-hydrogen) atoms. The summed E-state index contributed by atoms with van der Waals surface area (Å²) in [6, 6.07) is 3.68. The second-order valence-electron chi connectivity index (χ2n) is 4.41. The molecule has 0 bridgehead atoms. The number of aryl methyl sites for hydroxylation is 1. The first-order valence-corrected chi connectivity index (χ1v) is 6.20. The van der Waals surface area contributed by atoms with Crippen LogP contribution in [0.5, 0.6) is 0 Å². The summed E-state index contributed by atoms with van der Waals surface area (Å²) in [5.41, 5.74) is 4.03. The van der Waals surface area contributed by atoms with Gasteiger partial charge in [-0.25, -0.2) is 4.39 Å². The number of hydrogen-bond acceptors (Lipinski definition) is 1. The van der Waals surface area contributed by atoms with Crippen LogP contribution in [-0.2, 0) is 0 Å². The molecule has 94 valence electrons. The fourth-order valence-electron chi connectivity index (χ4n) is 2.00. The summed E-state index contributed by atoms with van der Waals surface area (Å²) < 4.78 is 13.7. The quantitative estimate of drug-likeness (QED) is 0.817. The Labute approximate surface area is 104 Å². The van der Waals surface area contributed by atoms with Gasteiger partial charge in [-0.2, -0.15) is 0 Å². The van der Waals surface area contributed by atoms with E-state index in [0.29, 0.717) is 0 Å². The van der Waals surface area contributed by atoms with Crippen molar-refractivity contribution in [1.82, 2.24) is 5.32 Å². The van der Waals surface area contributed by atoms with E-state index >= 15 is 0 Å². The standard InChI is InChI=1S/C15H22FN/c1-5-6-13(7-8-17-4)14-9-11(2)10-15(16)12(14)3/h6,9-10,17H,5,7-8H2,1-4H3/b13-6-. The Hall–Kier alpha value is -1.15. The molecule has 1 rings (SSSR count). The highest BCUT2D eigenvalue weighted by Crippen LogP contribution is 2.25. The van der Waals surface area contributed by atoms with E-state index < -0.39 is 0 Å². The molecule has 0 spiro atoms. The van der Waals surface area contributed by atoms with Gasteiger partial charge in [0.05, 0.1) is 0 Å². The minimum atomic E-state index is -0.105. The Morgan fingerprint density at radius 3 is 2.65 bits per heavy atom. The molecule has 0 aliphatic rings. The van der Waals surface area contributed by atoms with E-state index in [0.717, 1.165) is 36.1 Å². The smallest absolute Gasteiger partial charge is 0.126 e. The molecule has 0 fully saturated rings. The largest absolute Gasteiger partial charge is 0.319 e. The van der Waals surface area contributed by atoms with Crippen molar-refractivity contribution in [2.45, 2.75) is 33.6 Å². The van der Waals surface area contributed by atoms with Crippen molar-refractivity contribution >= 4 is 5.57 Å². The predicted molar refractivity (Wildman–Crippen MR) is 72.7 cm³/mol.